The van der Waals surface area contributed by atoms with Crippen molar-refractivity contribution in [1.29, 1.82) is 0 Å². The molecule has 2 aromatic rings. The molecule has 2 aromatic carbocycles. The van der Waals surface area contributed by atoms with Crippen LogP contribution in [-0.4, -0.2) is 54.0 Å². The zero-order valence-electron chi connectivity index (χ0n) is 23.6. The Morgan fingerprint density at radius 2 is 1.72 bits per heavy atom. The van der Waals surface area contributed by atoms with Crippen molar-refractivity contribution in [3.05, 3.63) is 59.7 Å². The molecule has 10 heteroatoms. The number of hydrogen-bond donors (Lipinski definition) is 3. The number of rotatable bonds is 12. The van der Waals surface area contributed by atoms with Crippen LogP contribution in [0, 0.1) is 6.92 Å². The van der Waals surface area contributed by atoms with Gasteiger partial charge in [-0.2, -0.15) is 0 Å². The summed E-state index contributed by atoms with van der Waals surface area (Å²) < 4.78 is 10.5. The number of carbonyl (C=O) groups excluding carboxylic acids is 4. The second kappa shape index (κ2) is 14.2. The molecular weight excluding hydrogens is 500 g/mol. The first-order valence-electron chi connectivity index (χ1n) is 12.9. The van der Waals surface area contributed by atoms with Gasteiger partial charge in [-0.15, -0.1) is 0 Å². The molecule has 2 rings (SSSR count). The lowest BCUT2D eigenvalue weighted by Crippen LogP contribution is -2.53. The van der Waals surface area contributed by atoms with Gasteiger partial charge in [0.25, 0.3) is 5.91 Å². The number of hydrogen-bond acceptors (Lipinski definition) is 6. The number of ether oxygens (including phenoxy) is 2. The SMILES string of the molecule is CCCCN(C(=O)C(CC(N)=O)NC(=O)OC(C)(C)C)C(C(=O)Nc1ccc(OC)cc1)c1cccc(C)c1. The molecule has 0 fully saturated rings. The number of nitrogens with two attached hydrogens (primary N) is 1. The molecule has 2 atom stereocenters. The summed E-state index contributed by atoms with van der Waals surface area (Å²) in [7, 11) is 1.55. The molecule has 0 bridgehead atoms. The minimum absolute atomic E-state index is 0.204. The number of carbonyl (C=O) groups is 4. The van der Waals surface area contributed by atoms with Gasteiger partial charge in [0.05, 0.1) is 13.5 Å². The molecule has 39 heavy (non-hydrogen) atoms. The molecule has 0 saturated heterocycles. The number of amides is 4. The highest BCUT2D eigenvalue weighted by atomic mass is 16.6. The van der Waals surface area contributed by atoms with Crippen LogP contribution in [0.4, 0.5) is 10.5 Å². The molecular formula is C29H40N4O6. The lowest BCUT2D eigenvalue weighted by molar-refractivity contribution is -0.142. The smallest absolute Gasteiger partial charge is 0.408 e. The maximum Gasteiger partial charge on any atom is 0.408 e. The Hall–Kier alpha value is -4.08. The first kappa shape index (κ1) is 31.1. The predicted octanol–water partition coefficient (Wildman–Crippen LogP) is 4.08. The summed E-state index contributed by atoms with van der Waals surface area (Å²) in [5, 5.41) is 5.36. The van der Waals surface area contributed by atoms with Crippen LogP contribution >= 0.6 is 0 Å². The molecule has 0 aliphatic heterocycles. The third kappa shape index (κ3) is 9.96. The Morgan fingerprint density at radius 1 is 1.05 bits per heavy atom. The zero-order chi connectivity index (χ0) is 29.2. The Labute approximate surface area is 230 Å². The van der Waals surface area contributed by atoms with Crippen molar-refractivity contribution >= 4 is 29.5 Å². The number of aryl methyl sites for hydroxylation is 1. The van der Waals surface area contributed by atoms with Gasteiger partial charge in [-0.05, 0) is 63.9 Å². The molecule has 0 radical (unpaired) electrons. The summed E-state index contributed by atoms with van der Waals surface area (Å²) in [6.07, 6.45) is -0.00181. The van der Waals surface area contributed by atoms with E-state index in [2.05, 4.69) is 10.6 Å². The molecule has 0 spiro atoms. The average molecular weight is 541 g/mol. The normalized spacial score (nSPS) is 12.6. The van der Waals surface area contributed by atoms with Gasteiger partial charge >= 0.3 is 6.09 Å². The summed E-state index contributed by atoms with van der Waals surface area (Å²) in [6.45, 7) is 9.10. The van der Waals surface area contributed by atoms with E-state index in [1.807, 2.05) is 26.0 Å². The maximum absolute atomic E-state index is 14.0. The highest BCUT2D eigenvalue weighted by Crippen LogP contribution is 2.27. The third-order valence-electron chi connectivity index (χ3n) is 5.71. The summed E-state index contributed by atoms with van der Waals surface area (Å²) in [6, 6.07) is 11.7. The number of nitrogens with zero attached hydrogens (tertiary/aromatic N) is 1. The molecule has 2 unspecified atom stereocenters. The molecule has 0 heterocycles. The van der Waals surface area contributed by atoms with Crippen molar-refractivity contribution < 1.29 is 28.7 Å². The van der Waals surface area contributed by atoms with Gasteiger partial charge in [-0.25, -0.2) is 4.79 Å². The lowest BCUT2D eigenvalue weighted by atomic mass is 9.99. The number of benzene rings is 2. The van der Waals surface area contributed by atoms with E-state index in [4.69, 9.17) is 15.2 Å². The van der Waals surface area contributed by atoms with Crippen LogP contribution in [0.25, 0.3) is 0 Å². The Kier molecular flexibility index (Phi) is 11.3. The van der Waals surface area contributed by atoms with Crippen molar-refractivity contribution in [2.45, 2.75) is 71.6 Å². The molecule has 10 nitrogen and oxygen atoms in total. The molecule has 0 aliphatic rings. The minimum atomic E-state index is -1.32. The second-order valence-corrected chi connectivity index (χ2v) is 10.3. The predicted molar refractivity (Wildman–Crippen MR) is 149 cm³/mol. The monoisotopic (exact) mass is 540 g/mol. The average Bonchev–Trinajstić information content (AvgIpc) is 2.84. The van der Waals surface area contributed by atoms with Gasteiger partial charge in [0, 0.05) is 12.2 Å². The van der Waals surface area contributed by atoms with Crippen LogP contribution in [-0.2, 0) is 19.1 Å². The fraction of sp³-hybridized carbons (Fsp3) is 0.448. The van der Waals surface area contributed by atoms with E-state index in [1.165, 1.54) is 4.90 Å². The van der Waals surface area contributed by atoms with Crippen LogP contribution in [0.3, 0.4) is 0 Å². The summed E-state index contributed by atoms with van der Waals surface area (Å²) in [5.41, 5.74) is 6.61. The zero-order valence-corrected chi connectivity index (χ0v) is 23.6. The minimum Gasteiger partial charge on any atom is -0.497 e. The van der Waals surface area contributed by atoms with Crippen molar-refractivity contribution in [2.24, 2.45) is 5.73 Å². The number of nitrogens with one attached hydrogen (secondary N) is 2. The largest absolute Gasteiger partial charge is 0.497 e. The van der Waals surface area contributed by atoms with Crippen LogP contribution in [0.15, 0.2) is 48.5 Å². The summed E-state index contributed by atoms with van der Waals surface area (Å²) in [5.74, 6) is -1.23. The highest BCUT2D eigenvalue weighted by molar-refractivity contribution is 5.99. The van der Waals surface area contributed by atoms with Crippen LogP contribution in [0.1, 0.15) is 64.1 Å². The maximum atomic E-state index is 14.0. The Balaban J connectivity index is 2.51. The fourth-order valence-electron chi connectivity index (χ4n) is 3.94. The topological polar surface area (TPSA) is 140 Å². The Morgan fingerprint density at radius 3 is 2.26 bits per heavy atom. The van der Waals surface area contributed by atoms with E-state index in [0.29, 0.717) is 23.4 Å². The van der Waals surface area contributed by atoms with E-state index in [9.17, 15) is 19.2 Å². The molecule has 4 N–H and O–H groups in total. The highest BCUT2D eigenvalue weighted by Gasteiger charge is 2.36. The van der Waals surface area contributed by atoms with Gasteiger partial charge in [0.15, 0.2) is 0 Å². The molecule has 0 aliphatic carbocycles. The molecule has 4 amide bonds. The van der Waals surface area contributed by atoms with Gasteiger partial charge in [0.2, 0.25) is 11.8 Å². The number of alkyl carbamates (subject to hydrolysis) is 1. The van der Waals surface area contributed by atoms with Crippen LogP contribution in [0.2, 0.25) is 0 Å². The molecule has 0 aromatic heterocycles. The van der Waals surface area contributed by atoms with Crippen molar-refractivity contribution in [3.8, 4) is 5.75 Å². The quantitative estimate of drug-likeness (QED) is 0.371. The summed E-state index contributed by atoms with van der Waals surface area (Å²) in [4.78, 5) is 53.6. The third-order valence-corrected chi connectivity index (χ3v) is 5.71. The fourth-order valence-corrected chi connectivity index (χ4v) is 3.94. The first-order valence-corrected chi connectivity index (χ1v) is 12.9. The lowest BCUT2D eigenvalue weighted by Gasteiger charge is -2.34. The standard InChI is InChI=1S/C29H40N4O6/c1-7-8-16-33(27(36)23(18-24(30)34)32-28(37)39-29(3,4)5)25(20-11-9-10-19(2)17-20)26(35)31-21-12-14-22(38-6)15-13-21/h9-15,17,23,25H,7-8,16,18H2,1-6H3,(H2,30,34)(H,31,35)(H,32,37). The molecule has 0 saturated carbocycles. The number of primary amides is 1. The van der Waals surface area contributed by atoms with E-state index in [1.54, 1.807) is 64.3 Å². The van der Waals surface area contributed by atoms with Gasteiger partial charge < -0.3 is 30.7 Å². The van der Waals surface area contributed by atoms with Gasteiger partial charge in [0.1, 0.15) is 23.4 Å². The van der Waals surface area contributed by atoms with Crippen LogP contribution in [0.5, 0.6) is 5.75 Å². The molecule has 212 valence electrons. The number of unbranched alkanes of at least 4 members (excludes halogenated alkanes) is 1. The van der Waals surface area contributed by atoms with Crippen molar-refractivity contribution in [3.63, 3.8) is 0 Å². The Bertz CT molecular complexity index is 1140. The first-order chi connectivity index (χ1) is 18.3. The van der Waals surface area contributed by atoms with E-state index >= 15 is 0 Å². The van der Waals surface area contributed by atoms with E-state index in [0.717, 1.165) is 12.0 Å². The van der Waals surface area contributed by atoms with Crippen molar-refractivity contribution in [1.82, 2.24) is 10.2 Å². The van der Waals surface area contributed by atoms with Crippen molar-refractivity contribution in [2.75, 3.05) is 19.0 Å². The summed E-state index contributed by atoms with van der Waals surface area (Å²) >= 11 is 0. The number of methoxy groups -OCH3 is 1. The van der Waals surface area contributed by atoms with Gasteiger partial charge in [-0.3, -0.25) is 14.4 Å². The van der Waals surface area contributed by atoms with Crippen LogP contribution < -0.4 is 21.1 Å². The van der Waals surface area contributed by atoms with Gasteiger partial charge in [-0.1, -0.05) is 43.2 Å². The van der Waals surface area contributed by atoms with E-state index in [-0.39, 0.29) is 6.54 Å². The van der Waals surface area contributed by atoms with E-state index < -0.39 is 47.9 Å². The second-order valence-electron chi connectivity index (χ2n) is 10.3. The number of anilines is 1.